The van der Waals surface area contributed by atoms with Crippen LogP contribution in [0.15, 0.2) is 47.6 Å². The van der Waals surface area contributed by atoms with Crippen LogP contribution in [-0.4, -0.2) is 32.3 Å². The molecule has 0 saturated heterocycles. The third-order valence-corrected chi connectivity index (χ3v) is 6.17. The number of amides is 2. The number of carbonyl (C=O) groups excluding carboxylic acids is 2. The molecule has 7 nitrogen and oxygen atoms in total. The van der Waals surface area contributed by atoms with E-state index in [-0.39, 0.29) is 24.1 Å². The highest BCUT2D eigenvalue weighted by Gasteiger charge is 2.15. The van der Waals surface area contributed by atoms with Crippen LogP contribution in [0.4, 0.5) is 5.69 Å². The standard InChI is InChI=1S/C20H18Cl3N5O2S/c1-2-28-17(10-24-19(30)12-6-4-3-5-7-12)26-27-20(28)31-11-18(29)25-16-9-14(22)13(21)8-15(16)23/h3-9H,2,10-11H2,1H3,(H,24,30)(H,25,29). The molecule has 162 valence electrons. The van der Waals surface area contributed by atoms with E-state index in [0.717, 1.165) is 0 Å². The van der Waals surface area contributed by atoms with E-state index in [9.17, 15) is 9.59 Å². The second-order valence-electron chi connectivity index (χ2n) is 6.27. The molecule has 0 radical (unpaired) electrons. The minimum absolute atomic E-state index is 0.0884. The number of rotatable bonds is 8. The van der Waals surface area contributed by atoms with Gasteiger partial charge in [0.15, 0.2) is 11.0 Å². The molecule has 31 heavy (non-hydrogen) atoms. The molecule has 1 aromatic heterocycles. The molecule has 0 bridgehead atoms. The summed E-state index contributed by atoms with van der Waals surface area (Å²) in [4.78, 5) is 24.6. The van der Waals surface area contributed by atoms with Crippen molar-refractivity contribution in [3.63, 3.8) is 0 Å². The van der Waals surface area contributed by atoms with E-state index >= 15 is 0 Å². The zero-order valence-corrected chi connectivity index (χ0v) is 19.4. The van der Waals surface area contributed by atoms with Crippen LogP contribution in [0.1, 0.15) is 23.1 Å². The second-order valence-corrected chi connectivity index (χ2v) is 8.44. The van der Waals surface area contributed by atoms with Gasteiger partial charge in [0.2, 0.25) is 5.91 Å². The van der Waals surface area contributed by atoms with E-state index in [1.165, 1.54) is 23.9 Å². The molecule has 3 rings (SSSR count). The van der Waals surface area contributed by atoms with Gasteiger partial charge in [0, 0.05) is 12.1 Å². The number of nitrogens with one attached hydrogen (secondary N) is 2. The molecule has 0 fully saturated rings. The van der Waals surface area contributed by atoms with Gasteiger partial charge in [-0.15, -0.1) is 10.2 Å². The van der Waals surface area contributed by atoms with Gasteiger partial charge in [-0.1, -0.05) is 64.8 Å². The van der Waals surface area contributed by atoms with Crippen LogP contribution in [0.5, 0.6) is 0 Å². The number of thioether (sulfide) groups is 1. The number of nitrogens with zero attached hydrogens (tertiary/aromatic N) is 3. The first kappa shape index (κ1) is 23.4. The summed E-state index contributed by atoms with van der Waals surface area (Å²) in [6.07, 6.45) is 0. The minimum atomic E-state index is -0.283. The SMILES string of the molecule is CCn1c(CNC(=O)c2ccccc2)nnc1SCC(=O)Nc1cc(Cl)c(Cl)cc1Cl. The van der Waals surface area contributed by atoms with Gasteiger partial charge in [-0.2, -0.15) is 0 Å². The first-order valence-corrected chi connectivity index (χ1v) is 11.3. The van der Waals surface area contributed by atoms with Crippen molar-refractivity contribution in [3.05, 3.63) is 68.9 Å². The maximum atomic E-state index is 12.3. The van der Waals surface area contributed by atoms with Gasteiger partial charge in [0.1, 0.15) is 0 Å². The fourth-order valence-corrected chi connectivity index (χ4v) is 4.08. The molecule has 2 N–H and O–H groups in total. The lowest BCUT2D eigenvalue weighted by Crippen LogP contribution is -2.24. The zero-order valence-electron chi connectivity index (χ0n) is 16.4. The van der Waals surface area contributed by atoms with Crippen LogP contribution in [0.25, 0.3) is 0 Å². The highest BCUT2D eigenvalue weighted by atomic mass is 35.5. The summed E-state index contributed by atoms with van der Waals surface area (Å²) in [7, 11) is 0. The second kappa shape index (κ2) is 10.9. The predicted molar refractivity (Wildman–Crippen MR) is 124 cm³/mol. The molecule has 2 amide bonds. The van der Waals surface area contributed by atoms with E-state index in [2.05, 4.69) is 20.8 Å². The molecule has 0 atom stereocenters. The largest absolute Gasteiger partial charge is 0.345 e. The molecule has 0 aliphatic heterocycles. The number of hydrogen-bond acceptors (Lipinski definition) is 5. The number of halogens is 3. The van der Waals surface area contributed by atoms with Crippen molar-refractivity contribution in [1.29, 1.82) is 0 Å². The van der Waals surface area contributed by atoms with E-state index in [0.29, 0.717) is 43.8 Å². The molecule has 11 heteroatoms. The fraction of sp³-hybridized carbons (Fsp3) is 0.200. The summed E-state index contributed by atoms with van der Waals surface area (Å²) in [5.41, 5.74) is 0.945. The number of aromatic nitrogens is 3. The topological polar surface area (TPSA) is 88.9 Å². The number of anilines is 1. The number of hydrogen-bond donors (Lipinski definition) is 2. The average Bonchev–Trinajstić information content (AvgIpc) is 3.16. The normalized spacial score (nSPS) is 10.7. The molecular formula is C20H18Cl3N5O2S. The summed E-state index contributed by atoms with van der Waals surface area (Å²) < 4.78 is 1.84. The van der Waals surface area contributed by atoms with Gasteiger partial charge in [-0.3, -0.25) is 9.59 Å². The molecule has 3 aromatic rings. The van der Waals surface area contributed by atoms with Crippen LogP contribution < -0.4 is 10.6 Å². The van der Waals surface area contributed by atoms with Gasteiger partial charge in [-0.25, -0.2) is 0 Å². The van der Waals surface area contributed by atoms with Gasteiger partial charge >= 0.3 is 0 Å². The molecular weight excluding hydrogens is 481 g/mol. The zero-order chi connectivity index (χ0) is 22.4. The Hall–Kier alpha value is -2.26. The Kier molecular flexibility index (Phi) is 8.20. The average molecular weight is 499 g/mol. The third-order valence-electron chi connectivity index (χ3n) is 4.17. The first-order chi connectivity index (χ1) is 14.9. The minimum Gasteiger partial charge on any atom is -0.345 e. The summed E-state index contributed by atoms with van der Waals surface area (Å²) >= 11 is 19.2. The lowest BCUT2D eigenvalue weighted by molar-refractivity contribution is -0.113. The van der Waals surface area contributed by atoms with Crippen molar-refractivity contribution in [2.75, 3.05) is 11.1 Å². The van der Waals surface area contributed by atoms with Crippen molar-refractivity contribution in [3.8, 4) is 0 Å². The van der Waals surface area contributed by atoms with Gasteiger partial charge in [-0.05, 0) is 31.2 Å². The maximum absolute atomic E-state index is 12.3. The van der Waals surface area contributed by atoms with Crippen LogP contribution in [0.2, 0.25) is 15.1 Å². The van der Waals surface area contributed by atoms with E-state index in [1.807, 2.05) is 17.6 Å². The maximum Gasteiger partial charge on any atom is 0.251 e. The molecule has 0 aliphatic carbocycles. The summed E-state index contributed by atoms with van der Waals surface area (Å²) in [6.45, 7) is 2.75. The summed E-state index contributed by atoms with van der Waals surface area (Å²) in [5, 5.41) is 15.3. The van der Waals surface area contributed by atoms with Gasteiger partial charge in [0.25, 0.3) is 5.91 Å². The Bertz CT molecular complexity index is 1090. The van der Waals surface area contributed by atoms with Crippen LogP contribution >= 0.6 is 46.6 Å². The van der Waals surface area contributed by atoms with Crippen LogP contribution in [-0.2, 0) is 17.9 Å². The Balaban J connectivity index is 1.58. The molecule has 2 aromatic carbocycles. The summed E-state index contributed by atoms with van der Waals surface area (Å²) in [6, 6.07) is 11.9. The Morgan fingerprint density at radius 2 is 1.74 bits per heavy atom. The Morgan fingerprint density at radius 3 is 2.45 bits per heavy atom. The van der Waals surface area contributed by atoms with E-state index in [4.69, 9.17) is 34.8 Å². The lowest BCUT2D eigenvalue weighted by Gasteiger charge is -2.10. The first-order valence-electron chi connectivity index (χ1n) is 9.21. The fourth-order valence-electron chi connectivity index (χ4n) is 2.66. The quantitative estimate of drug-likeness (QED) is 0.340. The highest BCUT2D eigenvalue weighted by Crippen LogP contribution is 2.32. The molecule has 0 unspecified atom stereocenters. The molecule has 0 saturated carbocycles. The molecule has 0 spiro atoms. The molecule has 0 aliphatic rings. The monoisotopic (exact) mass is 497 g/mol. The lowest BCUT2D eigenvalue weighted by atomic mass is 10.2. The van der Waals surface area contributed by atoms with Crippen molar-refractivity contribution in [1.82, 2.24) is 20.1 Å². The Labute approximate surface area is 198 Å². The number of benzene rings is 2. The van der Waals surface area contributed by atoms with Crippen molar-refractivity contribution >= 4 is 64.1 Å². The van der Waals surface area contributed by atoms with Gasteiger partial charge < -0.3 is 15.2 Å². The van der Waals surface area contributed by atoms with Crippen molar-refractivity contribution in [2.24, 2.45) is 0 Å². The van der Waals surface area contributed by atoms with Crippen LogP contribution in [0.3, 0.4) is 0 Å². The van der Waals surface area contributed by atoms with E-state index in [1.54, 1.807) is 24.3 Å². The third kappa shape index (κ3) is 6.13. The van der Waals surface area contributed by atoms with Crippen molar-refractivity contribution < 1.29 is 9.59 Å². The van der Waals surface area contributed by atoms with Crippen LogP contribution in [0, 0.1) is 0 Å². The van der Waals surface area contributed by atoms with E-state index < -0.39 is 0 Å². The predicted octanol–water partition coefficient (Wildman–Crippen LogP) is 4.92. The highest BCUT2D eigenvalue weighted by molar-refractivity contribution is 7.99. The smallest absolute Gasteiger partial charge is 0.251 e. The molecule has 1 heterocycles. The van der Waals surface area contributed by atoms with Crippen molar-refractivity contribution in [2.45, 2.75) is 25.2 Å². The Morgan fingerprint density at radius 1 is 1.03 bits per heavy atom. The number of carbonyl (C=O) groups is 2. The van der Waals surface area contributed by atoms with Gasteiger partial charge in [0.05, 0.1) is 33.1 Å². The summed E-state index contributed by atoms with van der Waals surface area (Å²) in [5.74, 6) is 0.209.